The molecule has 4 rings (SSSR count). The molecule has 0 bridgehead atoms. The maximum Gasteiger partial charge on any atom is 0.573 e. The Morgan fingerprint density at radius 1 is 1.06 bits per heavy atom. The molecule has 0 spiro atoms. The summed E-state index contributed by atoms with van der Waals surface area (Å²) in [6.45, 7) is 0. The number of hydrogen-bond acceptors (Lipinski definition) is 4. The summed E-state index contributed by atoms with van der Waals surface area (Å²) in [6.07, 6.45) is -2.08. The molecular weight excluding hydrogens is 493 g/mol. The lowest BCUT2D eigenvalue weighted by Crippen LogP contribution is -2.23. The maximum absolute atomic E-state index is 13.4. The molecule has 6 nitrogen and oxygen atoms in total. The minimum absolute atomic E-state index is 0.111. The van der Waals surface area contributed by atoms with Crippen LogP contribution in [0.15, 0.2) is 46.9 Å². The van der Waals surface area contributed by atoms with Crippen molar-refractivity contribution in [1.82, 2.24) is 9.78 Å². The van der Waals surface area contributed by atoms with Crippen molar-refractivity contribution in [2.45, 2.75) is 32.0 Å². The fourth-order valence-corrected chi connectivity index (χ4v) is 4.31. The Bertz CT molecular complexity index is 1200. The van der Waals surface area contributed by atoms with E-state index in [0.29, 0.717) is 29.8 Å². The third-order valence-electron chi connectivity index (χ3n) is 5.19. The molecule has 1 aliphatic rings. The SMILES string of the molecule is O=C(O)c1ccc(-c2nn(C(=O)c3c(Br)cccc3OC(F)(F)F)c3c2CCCC3)cc1. The molecule has 3 aromatic rings. The summed E-state index contributed by atoms with van der Waals surface area (Å²) in [5.74, 6) is -2.43. The van der Waals surface area contributed by atoms with Crippen LogP contribution in [0.4, 0.5) is 13.2 Å². The predicted octanol–water partition coefficient (Wildman–Crippen LogP) is 5.48. The molecule has 1 aliphatic carbocycles. The van der Waals surface area contributed by atoms with Gasteiger partial charge in [0.05, 0.1) is 22.5 Å². The highest BCUT2D eigenvalue weighted by molar-refractivity contribution is 9.10. The van der Waals surface area contributed by atoms with Crippen LogP contribution in [0.1, 0.15) is 44.8 Å². The molecule has 166 valence electrons. The summed E-state index contributed by atoms with van der Waals surface area (Å²) in [6, 6.07) is 9.96. The zero-order chi connectivity index (χ0) is 23.0. The van der Waals surface area contributed by atoms with E-state index >= 15 is 0 Å². The number of carbonyl (C=O) groups excluding carboxylic acids is 1. The minimum atomic E-state index is -4.96. The van der Waals surface area contributed by atoms with Crippen molar-refractivity contribution < 1.29 is 32.6 Å². The van der Waals surface area contributed by atoms with Gasteiger partial charge < -0.3 is 9.84 Å². The van der Waals surface area contributed by atoms with Crippen molar-refractivity contribution in [2.24, 2.45) is 0 Å². The number of nitrogens with zero attached hydrogens (tertiary/aromatic N) is 2. The number of benzene rings is 2. The third kappa shape index (κ3) is 4.27. The fourth-order valence-electron chi connectivity index (χ4n) is 3.80. The molecule has 10 heteroatoms. The second-order valence-electron chi connectivity index (χ2n) is 7.24. The smallest absolute Gasteiger partial charge is 0.478 e. The van der Waals surface area contributed by atoms with Crippen molar-refractivity contribution in [2.75, 3.05) is 0 Å². The molecule has 32 heavy (non-hydrogen) atoms. The standard InChI is InChI=1S/C22H16BrF3N2O4/c23-15-5-3-7-17(32-22(24,25)26)18(15)20(29)28-16-6-2-1-4-14(16)19(27-28)12-8-10-13(11-9-12)21(30)31/h3,5,7-11H,1-2,4,6H2,(H,30,31). The number of carboxylic acid groups (broad SMARTS) is 1. The number of aromatic nitrogens is 2. The fraction of sp³-hybridized carbons (Fsp3) is 0.227. The molecule has 0 saturated heterocycles. The maximum atomic E-state index is 13.4. The van der Waals surface area contributed by atoms with Gasteiger partial charge in [0.25, 0.3) is 5.91 Å². The zero-order valence-corrected chi connectivity index (χ0v) is 18.0. The molecule has 0 fully saturated rings. The number of carbonyl (C=O) groups is 2. The third-order valence-corrected chi connectivity index (χ3v) is 5.85. The van der Waals surface area contributed by atoms with E-state index in [2.05, 4.69) is 25.8 Å². The van der Waals surface area contributed by atoms with Crippen molar-refractivity contribution in [1.29, 1.82) is 0 Å². The Morgan fingerprint density at radius 3 is 2.41 bits per heavy atom. The zero-order valence-electron chi connectivity index (χ0n) is 16.4. The Morgan fingerprint density at radius 2 is 1.75 bits per heavy atom. The number of ether oxygens (including phenoxy) is 1. The van der Waals surface area contributed by atoms with Gasteiger partial charge in [0.15, 0.2) is 0 Å². The normalized spacial score (nSPS) is 13.5. The number of fused-ring (bicyclic) bond motifs is 1. The minimum Gasteiger partial charge on any atom is -0.478 e. The quantitative estimate of drug-likeness (QED) is 0.504. The van der Waals surface area contributed by atoms with Crippen LogP contribution in [0, 0.1) is 0 Å². The van der Waals surface area contributed by atoms with Crippen LogP contribution in [0.3, 0.4) is 0 Å². The highest BCUT2D eigenvalue weighted by Crippen LogP contribution is 2.35. The lowest BCUT2D eigenvalue weighted by molar-refractivity contribution is -0.274. The molecule has 0 aliphatic heterocycles. The summed E-state index contributed by atoms with van der Waals surface area (Å²) in [5, 5.41) is 13.6. The van der Waals surface area contributed by atoms with E-state index in [1.807, 2.05) is 0 Å². The highest BCUT2D eigenvalue weighted by Gasteiger charge is 2.35. The van der Waals surface area contributed by atoms with E-state index in [4.69, 9.17) is 5.11 Å². The molecule has 0 atom stereocenters. The van der Waals surface area contributed by atoms with E-state index in [1.54, 1.807) is 12.1 Å². The molecule has 0 amide bonds. The summed E-state index contributed by atoms with van der Waals surface area (Å²) < 4.78 is 44.0. The van der Waals surface area contributed by atoms with E-state index in [1.165, 1.54) is 24.3 Å². The van der Waals surface area contributed by atoms with Crippen LogP contribution < -0.4 is 4.74 Å². The average Bonchev–Trinajstić information content (AvgIpc) is 3.12. The first-order valence-corrected chi connectivity index (χ1v) is 10.5. The number of rotatable bonds is 4. The Balaban J connectivity index is 1.82. The van der Waals surface area contributed by atoms with Crippen LogP contribution in [-0.4, -0.2) is 33.1 Å². The van der Waals surface area contributed by atoms with E-state index in [-0.39, 0.29) is 15.6 Å². The van der Waals surface area contributed by atoms with Crippen molar-refractivity contribution in [3.05, 3.63) is 69.3 Å². The van der Waals surface area contributed by atoms with Crippen molar-refractivity contribution in [3.63, 3.8) is 0 Å². The summed E-state index contributed by atoms with van der Waals surface area (Å²) in [5.41, 5.74) is 2.42. The van der Waals surface area contributed by atoms with Crippen LogP contribution >= 0.6 is 15.9 Å². The van der Waals surface area contributed by atoms with Gasteiger partial charge in [-0.2, -0.15) is 9.78 Å². The van der Waals surface area contributed by atoms with E-state index in [0.717, 1.165) is 29.2 Å². The first kappa shape index (κ1) is 22.1. The summed E-state index contributed by atoms with van der Waals surface area (Å²) in [4.78, 5) is 24.5. The molecular formula is C22H16BrF3N2O4. The molecule has 0 unspecified atom stereocenters. The largest absolute Gasteiger partial charge is 0.573 e. The molecule has 0 saturated carbocycles. The number of aromatic carboxylic acids is 1. The lowest BCUT2D eigenvalue weighted by Gasteiger charge is -2.16. The number of halogens is 4. The van der Waals surface area contributed by atoms with Crippen molar-refractivity contribution in [3.8, 4) is 17.0 Å². The lowest BCUT2D eigenvalue weighted by atomic mass is 9.93. The summed E-state index contributed by atoms with van der Waals surface area (Å²) in [7, 11) is 0. The summed E-state index contributed by atoms with van der Waals surface area (Å²) >= 11 is 3.16. The van der Waals surface area contributed by atoms with Gasteiger partial charge in [-0.3, -0.25) is 4.79 Å². The van der Waals surface area contributed by atoms with Crippen LogP contribution in [0.2, 0.25) is 0 Å². The predicted molar refractivity (Wildman–Crippen MR) is 112 cm³/mol. The molecule has 1 heterocycles. The second kappa shape index (κ2) is 8.42. The van der Waals surface area contributed by atoms with Gasteiger partial charge in [-0.05, 0) is 65.9 Å². The number of carboxylic acids is 1. The monoisotopic (exact) mass is 508 g/mol. The van der Waals surface area contributed by atoms with Crippen LogP contribution in [0.5, 0.6) is 5.75 Å². The van der Waals surface area contributed by atoms with E-state index in [9.17, 15) is 22.8 Å². The molecule has 0 radical (unpaired) electrons. The average molecular weight is 509 g/mol. The Labute approximate surface area is 188 Å². The topological polar surface area (TPSA) is 81.4 Å². The van der Waals surface area contributed by atoms with Crippen LogP contribution in [0.25, 0.3) is 11.3 Å². The van der Waals surface area contributed by atoms with Crippen LogP contribution in [-0.2, 0) is 12.8 Å². The van der Waals surface area contributed by atoms with Gasteiger partial charge in [-0.25, -0.2) is 4.79 Å². The first-order valence-electron chi connectivity index (χ1n) is 9.69. The van der Waals surface area contributed by atoms with Gasteiger partial charge in [0.2, 0.25) is 0 Å². The number of alkyl halides is 3. The Hall–Kier alpha value is -3.14. The Kier molecular flexibility index (Phi) is 5.81. The number of hydrogen-bond donors (Lipinski definition) is 1. The van der Waals surface area contributed by atoms with Gasteiger partial charge in [0, 0.05) is 15.6 Å². The van der Waals surface area contributed by atoms with Gasteiger partial charge in [-0.15, -0.1) is 13.2 Å². The molecule has 1 aromatic heterocycles. The first-order chi connectivity index (χ1) is 15.2. The second-order valence-corrected chi connectivity index (χ2v) is 8.10. The van der Waals surface area contributed by atoms with Gasteiger partial charge in [0.1, 0.15) is 5.75 Å². The van der Waals surface area contributed by atoms with Crippen molar-refractivity contribution >= 4 is 27.8 Å². The van der Waals surface area contributed by atoms with E-state index < -0.39 is 24.0 Å². The molecule has 1 N–H and O–H groups in total. The highest BCUT2D eigenvalue weighted by atomic mass is 79.9. The van der Waals surface area contributed by atoms with Gasteiger partial charge in [-0.1, -0.05) is 18.2 Å². The molecule has 2 aromatic carbocycles. The van der Waals surface area contributed by atoms with Gasteiger partial charge >= 0.3 is 12.3 Å².